The molecule has 1 amide bonds. The average molecular weight is 215 g/mol. The number of carbonyl (C=O) groups excluding carboxylic acids is 1. The minimum absolute atomic E-state index is 0.0590. The number of amides is 1. The molecule has 0 fully saturated rings. The number of primary amides is 1. The molecule has 1 unspecified atom stereocenters. The van der Waals surface area contributed by atoms with Gasteiger partial charge in [0.05, 0.1) is 0 Å². The Balaban J connectivity index is 3.41. The van der Waals surface area contributed by atoms with E-state index < -0.39 is 0 Å². The fraction of sp³-hybridized carbons (Fsp3) is 0.917. The minimum Gasteiger partial charge on any atom is -0.396 e. The molecule has 3 heteroatoms. The molecule has 0 spiro atoms. The zero-order valence-corrected chi connectivity index (χ0v) is 9.87. The first kappa shape index (κ1) is 14.4. The first-order valence-electron chi connectivity index (χ1n) is 6.12. The fourth-order valence-corrected chi connectivity index (χ4v) is 1.76. The first-order valence-corrected chi connectivity index (χ1v) is 6.12. The molecule has 3 N–H and O–H groups in total. The molecule has 0 bridgehead atoms. The Morgan fingerprint density at radius 3 is 2.27 bits per heavy atom. The number of rotatable bonds is 10. The summed E-state index contributed by atoms with van der Waals surface area (Å²) in [5.41, 5.74) is 5.24. The van der Waals surface area contributed by atoms with Gasteiger partial charge in [-0.25, -0.2) is 0 Å². The molecule has 0 radical (unpaired) electrons. The number of carbonyl (C=O) groups is 1. The number of hydrogen-bond donors (Lipinski definition) is 2. The molecule has 0 aliphatic heterocycles. The third-order valence-electron chi connectivity index (χ3n) is 2.79. The third kappa shape index (κ3) is 8.43. The van der Waals surface area contributed by atoms with Crippen LogP contribution in [-0.4, -0.2) is 17.6 Å². The molecule has 0 rings (SSSR count). The maximum absolute atomic E-state index is 11.0. The second-order valence-corrected chi connectivity index (χ2v) is 4.17. The minimum atomic E-state index is -0.266. The van der Waals surface area contributed by atoms with Crippen molar-refractivity contribution in [2.75, 3.05) is 6.61 Å². The Morgan fingerprint density at radius 2 is 1.73 bits per heavy atom. The zero-order valence-electron chi connectivity index (χ0n) is 9.87. The van der Waals surface area contributed by atoms with E-state index in [0.29, 0.717) is 6.42 Å². The zero-order chi connectivity index (χ0) is 11.5. The molecular formula is C12H25NO2. The van der Waals surface area contributed by atoms with Gasteiger partial charge in [-0.3, -0.25) is 4.79 Å². The van der Waals surface area contributed by atoms with E-state index in [1.165, 1.54) is 32.1 Å². The number of aliphatic hydroxyl groups excluding tert-OH is 1. The lowest BCUT2D eigenvalue weighted by Gasteiger charge is -2.11. The molecule has 0 saturated carbocycles. The van der Waals surface area contributed by atoms with Gasteiger partial charge in [0.2, 0.25) is 5.91 Å². The van der Waals surface area contributed by atoms with E-state index in [1.54, 1.807) is 0 Å². The lowest BCUT2D eigenvalue weighted by molar-refractivity contribution is -0.122. The molecule has 0 aliphatic carbocycles. The fourth-order valence-electron chi connectivity index (χ4n) is 1.76. The second kappa shape index (κ2) is 9.97. The van der Waals surface area contributed by atoms with Crippen LogP contribution in [0.25, 0.3) is 0 Å². The monoisotopic (exact) mass is 215 g/mol. The first-order chi connectivity index (χ1) is 7.22. The van der Waals surface area contributed by atoms with E-state index in [-0.39, 0.29) is 18.4 Å². The Hall–Kier alpha value is -0.570. The molecule has 0 aromatic carbocycles. The highest BCUT2D eigenvalue weighted by molar-refractivity contribution is 5.76. The van der Waals surface area contributed by atoms with Crippen molar-refractivity contribution in [3.8, 4) is 0 Å². The summed E-state index contributed by atoms with van der Waals surface area (Å²) in [7, 11) is 0. The van der Waals surface area contributed by atoms with Crippen LogP contribution in [0.4, 0.5) is 0 Å². The maximum Gasteiger partial charge on any atom is 0.220 e. The van der Waals surface area contributed by atoms with Gasteiger partial charge >= 0.3 is 0 Å². The summed E-state index contributed by atoms with van der Waals surface area (Å²) < 4.78 is 0. The third-order valence-corrected chi connectivity index (χ3v) is 2.79. The van der Waals surface area contributed by atoms with Crippen molar-refractivity contribution < 1.29 is 9.90 Å². The van der Waals surface area contributed by atoms with E-state index in [2.05, 4.69) is 6.92 Å². The van der Waals surface area contributed by atoms with Crippen molar-refractivity contribution in [3.63, 3.8) is 0 Å². The summed E-state index contributed by atoms with van der Waals surface area (Å²) in [4.78, 5) is 11.0. The standard InChI is InChI=1S/C12H25NO2/c1-2-3-4-5-6-7-8-11(9-10-14)12(13)15/h11,14H,2-10H2,1H3,(H2,13,15). The molecule has 0 aliphatic rings. The van der Waals surface area contributed by atoms with Crippen LogP contribution in [0.3, 0.4) is 0 Å². The van der Waals surface area contributed by atoms with Crippen LogP contribution in [0.2, 0.25) is 0 Å². The maximum atomic E-state index is 11.0. The van der Waals surface area contributed by atoms with Crippen molar-refractivity contribution in [2.45, 2.75) is 58.3 Å². The van der Waals surface area contributed by atoms with E-state index in [0.717, 1.165) is 12.8 Å². The van der Waals surface area contributed by atoms with Gasteiger partial charge in [0.1, 0.15) is 0 Å². The highest BCUT2D eigenvalue weighted by Crippen LogP contribution is 2.14. The SMILES string of the molecule is CCCCCCCCC(CCO)C(N)=O. The average Bonchev–Trinajstić information content (AvgIpc) is 2.21. The van der Waals surface area contributed by atoms with Crippen LogP contribution in [-0.2, 0) is 4.79 Å². The van der Waals surface area contributed by atoms with Gasteiger partial charge in [-0.1, -0.05) is 45.4 Å². The summed E-state index contributed by atoms with van der Waals surface area (Å²) in [6, 6.07) is 0. The van der Waals surface area contributed by atoms with Crippen LogP contribution < -0.4 is 5.73 Å². The Morgan fingerprint density at radius 1 is 1.13 bits per heavy atom. The molecule has 0 heterocycles. The van der Waals surface area contributed by atoms with Gasteiger partial charge in [-0.15, -0.1) is 0 Å². The molecule has 3 nitrogen and oxygen atoms in total. The van der Waals surface area contributed by atoms with E-state index in [4.69, 9.17) is 10.8 Å². The Kier molecular flexibility index (Phi) is 9.59. The quantitative estimate of drug-likeness (QED) is 0.549. The highest BCUT2D eigenvalue weighted by Gasteiger charge is 2.13. The van der Waals surface area contributed by atoms with Gasteiger partial charge < -0.3 is 10.8 Å². The predicted molar refractivity (Wildman–Crippen MR) is 62.4 cm³/mol. The van der Waals surface area contributed by atoms with Crippen LogP contribution in [0.1, 0.15) is 58.3 Å². The van der Waals surface area contributed by atoms with Crippen LogP contribution in [0.5, 0.6) is 0 Å². The van der Waals surface area contributed by atoms with Crippen LogP contribution in [0.15, 0.2) is 0 Å². The van der Waals surface area contributed by atoms with Crippen molar-refractivity contribution in [1.29, 1.82) is 0 Å². The van der Waals surface area contributed by atoms with Gasteiger partial charge in [0.25, 0.3) is 0 Å². The van der Waals surface area contributed by atoms with Crippen molar-refractivity contribution in [2.24, 2.45) is 11.7 Å². The lowest BCUT2D eigenvalue weighted by Crippen LogP contribution is -2.24. The topological polar surface area (TPSA) is 63.3 Å². The summed E-state index contributed by atoms with van der Waals surface area (Å²) in [6.07, 6.45) is 8.68. The van der Waals surface area contributed by atoms with Gasteiger partial charge in [0.15, 0.2) is 0 Å². The molecule has 0 saturated heterocycles. The van der Waals surface area contributed by atoms with Crippen molar-refractivity contribution in [1.82, 2.24) is 0 Å². The van der Waals surface area contributed by atoms with Gasteiger partial charge in [0, 0.05) is 12.5 Å². The molecule has 15 heavy (non-hydrogen) atoms. The lowest BCUT2D eigenvalue weighted by atomic mass is 9.97. The van der Waals surface area contributed by atoms with Gasteiger partial charge in [-0.05, 0) is 12.8 Å². The van der Waals surface area contributed by atoms with Crippen LogP contribution >= 0.6 is 0 Å². The second-order valence-electron chi connectivity index (χ2n) is 4.17. The van der Waals surface area contributed by atoms with Crippen LogP contribution in [0, 0.1) is 5.92 Å². The van der Waals surface area contributed by atoms with E-state index >= 15 is 0 Å². The molecule has 0 aromatic heterocycles. The predicted octanol–water partition coefficient (Wildman–Crippen LogP) is 2.22. The smallest absolute Gasteiger partial charge is 0.220 e. The summed E-state index contributed by atoms with van der Waals surface area (Å²) in [6.45, 7) is 2.26. The Labute approximate surface area is 93.0 Å². The molecule has 1 atom stereocenters. The summed E-state index contributed by atoms with van der Waals surface area (Å²) in [5, 5.41) is 8.75. The number of unbranched alkanes of at least 4 members (excludes halogenated alkanes) is 5. The van der Waals surface area contributed by atoms with Crippen molar-refractivity contribution in [3.05, 3.63) is 0 Å². The molecular weight excluding hydrogens is 190 g/mol. The summed E-state index contributed by atoms with van der Waals surface area (Å²) in [5.74, 6) is -0.390. The van der Waals surface area contributed by atoms with E-state index in [9.17, 15) is 4.79 Å². The van der Waals surface area contributed by atoms with Crippen molar-refractivity contribution >= 4 is 5.91 Å². The largest absolute Gasteiger partial charge is 0.396 e. The molecule has 90 valence electrons. The Bertz CT molecular complexity index is 160. The summed E-state index contributed by atoms with van der Waals surface area (Å²) >= 11 is 0. The number of aliphatic hydroxyl groups is 1. The highest BCUT2D eigenvalue weighted by atomic mass is 16.3. The molecule has 0 aromatic rings. The number of hydrogen-bond acceptors (Lipinski definition) is 2. The number of nitrogens with two attached hydrogens (primary N) is 1. The van der Waals surface area contributed by atoms with Gasteiger partial charge in [-0.2, -0.15) is 0 Å². The normalized spacial score (nSPS) is 12.7. The van der Waals surface area contributed by atoms with E-state index in [1.807, 2.05) is 0 Å².